The predicted octanol–water partition coefficient (Wildman–Crippen LogP) is 0.981. The molecule has 1 aliphatic heterocycles. The first-order valence-corrected chi connectivity index (χ1v) is 6.69. The van der Waals surface area contributed by atoms with Gasteiger partial charge in [-0.2, -0.15) is 0 Å². The number of aryl methyl sites for hydroxylation is 1. The van der Waals surface area contributed by atoms with Gasteiger partial charge in [0, 0.05) is 12.2 Å². The molecule has 0 saturated heterocycles. The van der Waals surface area contributed by atoms with Crippen LogP contribution in [0.15, 0.2) is 18.2 Å². The molecule has 1 heterocycles. The summed E-state index contributed by atoms with van der Waals surface area (Å²) >= 11 is 0. The molecular weight excluding hydrogens is 212 g/mol. The Morgan fingerprint density at radius 2 is 2.13 bits per heavy atom. The minimum Gasteiger partial charge on any atom is -0.399 e. The lowest BCUT2D eigenvalue weighted by atomic mass is 10.0. The molecule has 0 fully saturated rings. The zero-order valence-electron chi connectivity index (χ0n) is 8.60. The number of nitrogens with zero attached hydrogens (tertiary/aromatic N) is 1. The molecule has 0 atom stereocenters. The fraction of sp³-hybridized carbons (Fsp3) is 0.400. The van der Waals surface area contributed by atoms with Crippen LogP contribution in [-0.4, -0.2) is 21.2 Å². The highest BCUT2D eigenvalue weighted by atomic mass is 32.2. The van der Waals surface area contributed by atoms with Crippen LogP contribution >= 0.6 is 0 Å². The molecule has 0 aromatic heterocycles. The molecule has 0 amide bonds. The number of nitrogen functional groups attached to an aromatic ring is 1. The topological polar surface area (TPSA) is 63.4 Å². The highest BCUT2D eigenvalue weighted by molar-refractivity contribution is 7.92. The van der Waals surface area contributed by atoms with Crippen LogP contribution in [0.3, 0.4) is 0 Å². The summed E-state index contributed by atoms with van der Waals surface area (Å²) in [5.41, 5.74) is 8.15. The fourth-order valence-electron chi connectivity index (χ4n) is 1.93. The average molecular weight is 226 g/mol. The van der Waals surface area contributed by atoms with E-state index in [9.17, 15) is 8.42 Å². The summed E-state index contributed by atoms with van der Waals surface area (Å²) in [6.45, 7) is 0.565. The molecule has 2 rings (SSSR count). The van der Waals surface area contributed by atoms with Crippen molar-refractivity contribution in [2.24, 2.45) is 0 Å². The predicted molar refractivity (Wildman–Crippen MR) is 61.4 cm³/mol. The number of nitrogens with two attached hydrogens (primary N) is 1. The maximum atomic E-state index is 11.5. The van der Waals surface area contributed by atoms with Gasteiger partial charge in [-0.05, 0) is 36.6 Å². The quantitative estimate of drug-likeness (QED) is 0.726. The van der Waals surface area contributed by atoms with E-state index in [2.05, 4.69) is 0 Å². The van der Waals surface area contributed by atoms with Gasteiger partial charge in [0.15, 0.2) is 0 Å². The Labute approximate surface area is 89.7 Å². The third-order valence-corrected chi connectivity index (χ3v) is 3.76. The minimum atomic E-state index is -3.16. The lowest BCUT2D eigenvalue weighted by Gasteiger charge is -2.29. The van der Waals surface area contributed by atoms with Gasteiger partial charge in [-0.3, -0.25) is 4.31 Å². The normalized spacial score (nSPS) is 16.2. The highest BCUT2D eigenvalue weighted by Gasteiger charge is 2.23. The third kappa shape index (κ3) is 1.92. The van der Waals surface area contributed by atoms with Crippen molar-refractivity contribution < 1.29 is 8.42 Å². The molecule has 1 aromatic carbocycles. The van der Waals surface area contributed by atoms with Gasteiger partial charge in [-0.25, -0.2) is 8.42 Å². The van der Waals surface area contributed by atoms with E-state index in [-0.39, 0.29) is 0 Å². The van der Waals surface area contributed by atoms with Crippen LogP contribution in [-0.2, 0) is 16.4 Å². The van der Waals surface area contributed by atoms with Gasteiger partial charge >= 0.3 is 0 Å². The number of hydrogen-bond acceptors (Lipinski definition) is 3. The maximum Gasteiger partial charge on any atom is 0.232 e. The lowest BCUT2D eigenvalue weighted by Crippen LogP contribution is -2.34. The summed E-state index contributed by atoms with van der Waals surface area (Å²) in [6, 6.07) is 5.37. The number of rotatable bonds is 1. The maximum absolute atomic E-state index is 11.5. The van der Waals surface area contributed by atoms with Crippen molar-refractivity contribution in [1.29, 1.82) is 0 Å². The standard InChI is InChI=1S/C10H14N2O2S/c1-15(13,14)12-6-2-3-8-7-9(11)4-5-10(8)12/h4-5,7H,2-3,6,11H2,1H3. The van der Waals surface area contributed by atoms with E-state index in [0.717, 1.165) is 24.1 Å². The fourth-order valence-corrected chi connectivity index (χ4v) is 2.92. The van der Waals surface area contributed by atoms with Crippen LogP contribution in [0, 0.1) is 0 Å². The van der Waals surface area contributed by atoms with Gasteiger partial charge in [0.25, 0.3) is 0 Å². The Morgan fingerprint density at radius 3 is 2.80 bits per heavy atom. The third-order valence-electron chi connectivity index (χ3n) is 2.58. The number of fused-ring (bicyclic) bond motifs is 1. The van der Waals surface area contributed by atoms with Gasteiger partial charge in [-0.15, -0.1) is 0 Å². The Balaban J connectivity index is 2.52. The van der Waals surface area contributed by atoms with Crippen molar-refractivity contribution in [2.75, 3.05) is 22.8 Å². The molecule has 0 aliphatic carbocycles. The van der Waals surface area contributed by atoms with Gasteiger partial charge < -0.3 is 5.73 Å². The largest absolute Gasteiger partial charge is 0.399 e. The second kappa shape index (κ2) is 3.41. The Kier molecular flexibility index (Phi) is 2.34. The molecule has 2 N–H and O–H groups in total. The monoisotopic (exact) mass is 226 g/mol. The summed E-state index contributed by atoms with van der Waals surface area (Å²) in [6.07, 6.45) is 2.98. The number of sulfonamides is 1. The van der Waals surface area contributed by atoms with E-state index in [1.165, 1.54) is 10.6 Å². The zero-order valence-corrected chi connectivity index (χ0v) is 9.42. The highest BCUT2D eigenvalue weighted by Crippen LogP contribution is 2.30. The smallest absolute Gasteiger partial charge is 0.232 e. The SMILES string of the molecule is CS(=O)(=O)N1CCCc2cc(N)ccc21. The number of hydrogen-bond donors (Lipinski definition) is 1. The minimum absolute atomic E-state index is 0.565. The van der Waals surface area contributed by atoms with Gasteiger partial charge in [0.2, 0.25) is 10.0 Å². The Bertz CT molecular complexity index is 482. The molecule has 82 valence electrons. The van der Waals surface area contributed by atoms with Crippen molar-refractivity contribution in [3.8, 4) is 0 Å². The van der Waals surface area contributed by atoms with Gasteiger partial charge in [0.1, 0.15) is 0 Å². The van der Waals surface area contributed by atoms with E-state index >= 15 is 0 Å². The summed E-state index contributed by atoms with van der Waals surface area (Å²) in [4.78, 5) is 0. The average Bonchev–Trinajstić information content (AvgIpc) is 2.15. The van der Waals surface area contributed by atoms with Crippen molar-refractivity contribution in [1.82, 2.24) is 0 Å². The zero-order chi connectivity index (χ0) is 11.1. The van der Waals surface area contributed by atoms with Crippen LogP contribution in [0.25, 0.3) is 0 Å². The molecule has 1 aliphatic rings. The number of anilines is 2. The Morgan fingerprint density at radius 1 is 1.40 bits per heavy atom. The summed E-state index contributed by atoms with van der Waals surface area (Å²) in [5, 5.41) is 0. The van der Waals surface area contributed by atoms with Crippen molar-refractivity contribution in [2.45, 2.75) is 12.8 Å². The first kappa shape index (κ1) is 10.3. The second-order valence-corrected chi connectivity index (χ2v) is 5.73. The van der Waals surface area contributed by atoms with Crippen LogP contribution in [0.5, 0.6) is 0 Å². The Hall–Kier alpha value is -1.23. The molecule has 1 aromatic rings. The second-order valence-electron chi connectivity index (χ2n) is 3.83. The molecule has 4 nitrogen and oxygen atoms in total. The van der Waals surface area contributed by atoms with E-state index < -0.39 is 10.0 Å². The van der Waals surface area contributed by atoms with E-state index in [0.29, 0.717) is 12.2 Å². The molecule has 0 radical (unpaired) electrons. The van der Waals surface area contributed by atoms with Gasteiger partial charge in [0.05, 0.1) is 11.9 Å². The van der Waals surface area contributed by atoms with E-state index in [4.69, 9.17) is 5.73 Å². The van der Waals surface area contributed by atoms with E-state index in [1.54, 1.807) is 12.1 Å². The van der Waals surface area contributed by atoms with Crippen LogP contribution in [0.2, 0.25) is 0 Å². The van der Waals surface area contributed by atoms with Crippen LogP contribution < -0.4 is 10.0 Å². The van der Waals surface area contributed by atoms with Gasteiger partial charge in [-0.1, -0.05) is 0 Å². The molecular formula is C10H14N2O2S. The lowest BCUT2D eigenvalue weighted by molar-refractivity contribution is 0.592. The summed E-state index contributed by atoms with van der Waals surface area (Å²) < 4.78 is 24.5. The molecule has 0 saturated carbocycles. The molecule has 5 heteroatoms. The van der Waals surface area contributed by atoms with Crippen molar-refractivity contribution in [3.05, 3.63) is 23.8 Å². The van der Waals surface area contributed by atoms with Crippen LogP contribution in [0.1, 0.15) is 12.0 Å². The first-order valence-electron chi connectivity index (χ1n) is 4.84. The van der Waals surface area contributed by atoms with Crippen molar-refractivity contribution >= 4 is 21.4 Å². The molecule has 0 unspecified atom stereocenters. The molecule has 15 heavy (non-hydrogen) atoms. The molecule has 0 bridgehead atoms. The summed E-state index contributed by atoms with van der Waals surface area (Å²) in [5.74, 6) is 0. The first-order chi connectivity index (χ1) is 6.98. The van der Waals surface area contributed by atoms with Crippen LogP contribution in [0.4, 0.5) is 11.4 Å². The van der Waals surface area contributed by atoms with E-state index in [1.807, 2.05) is 6.07 Å². The van der Waals surface area contributed by atoms with Crippen molar-refractivity contribution in [3.63, 3.8) is 0 Å². The molecule has 0 spiro atoms. The summed E-state index contributed by atoms with van der Waals surface area (Å²) in [7, 11) is -3.16. The number of benzene rings is 1.